The first-order valence-corrected chi connectivity index (χ1v) is 9.75. The van der Waals surface area contributed by atoms with Gasteiger partial charge < -0.3 is 10.6 Å². The summed E-state index contributed by atoms with van der Waals surface area (Å²) >= 11 is 3.36. The number of H-pyrrole nitrogens is 1. The van der Waals surface area contributed by atoms with Crippen molar-refractivity contribution < 1.29 is 4.79 Å². The fourth-order valence-electron chi connectivity index (χ4n) is 2.79. The quantitative estimate of drug-likeness (QED) is 0.696. The number of aromatic nitrogens is 2. The van der Waals surface area contributed by atoms with Crippen molar-refractivity contribution in [3.8, 4) is 0 Å². The first-order valence-electron chi connectivity index (χ1n) is 8.96. The minimum atomic E-state index is -0.658. The van der Waals surface area contributed by atoms with Gasteiger partial charge in [-0.15, -0.1) is 0 Å². The zero-order valence-electron chi connectivity index (χ0n) is 15.8. The lowest BCUT2D eigenvalue weighted by Gasteiger charge is -2.26. The summed E-state index contributed by atoms with van der Waals surface area (Å²) in [6, 6.07) is 6.93. The number of amides is 1. The topological polar surface area (TPSA) is 101 Å². The van der Waals surface area contributed by atoms with Crippen LogP contribution in [0.5, 0.6) is 0 Å². The molecule has 0 saturated carbocycles. The van der Waals surface area contributed by atoms with Crippen LogP contribution < -0.4 is 21.9 Å². The Morgan fingerprint density at radius 1 is 1.33 bits per heavy atom. The Morgan fingerprint density at radius 2 is 2.04 bits per heavy atom. The lowest BCUT2D eigenvalue weighted by atomic mass is 10.1. The highest BCUT2D eigenvalue weighted by Gasteiger charge is 2.26. The van der Waals surface area contributed by atoms with Gasteiger partial charge in [0.05, 0.1) is 0 Å². The van der Waals surface area contributed by atoms with Crippen molar-refractivity contribution >= 4 is 33.3 Å². The van der Waals surface area contributed by atoms with Crippen LogP contribution in [0, 0.1) is 5.92 Å². The van der Waals surface area contributed by atoms with Crippen LogP contribution in [0.4, 0.5) is 11.5 Å². The molecule has 8 heteroatoms. The summed E-state index contributed by atoms with van der Waals surface area (Å²) in [6.45, 7) is 6.56. The number of hydrogen-bond acceptors (Lipinski definition) is 4. The van der Waals surface area contributed by atoms with Gasteiger partial charge in [0.25, 0.3) is 11.5 Å². The molecule has 0 aliphatic carbocycles. The van der Waals surface area contributed by atoms with Crippen molar-refractivity contribution in [1.29, 1.82) is 0 Å². The molecule has 0 saturated heterocycles. The van der Waals surface area contributed by atoms with E-state index >= 15 is 0 Å². The van der Waals surface area contributed by atoms with Crippen LogP contribution in [-0.2, 0) is 6.54 Å². The van der Waals surface area contributed by atoms with E-state index in [9.17, 15) is 14.4 Å². The second-order valence-corrected chi connectivity index (χ2v) is 7.73. The summed E-state index contributed by atoms with van der Waals surface area (Å²) in [6.07, 6.45) is 1.60. The molecule has 27 heavy (non-hydrogen) atoms. The molecule has 0 fully saturated rings. The highest BCUT2D eigenvalue weighted by atomic mass is 79.9. The molecule has 0 aliphatic rings. The lowest BCUT2D eigenvalue weighted by molar-refractivity contribution is 0.0983. The number of aromatic amines is 1. The predicted molar refractivity (Wildman–Crippen MR) is 111 cm³/mol. The van der Waals surface area contributed by atoms with Gasteiger partial charge in [-0.2, -0.15) is 0 Å². The zero-order valence-corrected chi connectivity index (χ0v) is 17.4. The van der Waals surface area contributed by atoms with Crippen LogP contribution in [0.25, 0.3) is 0 Å². The maximum Gasteiger partial charge on any atom is 0.330 e. The van der Waals surface area contributed by atoms with Crippen LogP contribution >= 0.6 is 15.9 Å². The summed E-state index contributed by atoms with van der Waals surface area (Å²) in [5.74, 6) is -0.236. The molecule has 0 aliphatic heterocycles. The number of carbonyl (C=O) groups is 1. The maximum absolute atomic E-state index is 13.2. The highest BCUT2D eigenvalue weighted by molar-refractivity contribution is 9.10. The van der Waals surface area contributed by atoms with Crippen molar-refractivity contribution in [2.75, 3.05) is 17.2 Å². The number of nitrogens with two attached hydrogens (primary N) is 1. The number of carbonyl (C=O) groups excluding carboxylic acids is 1. The number of anilines is 2. The fraction of sp³-hybridized carbons (Fsp3) is 0.421. The molecule has 7 nitrogen and oxygen atoms in total. The minimum Gasteiger partial charge on any atom is -0.383 e. The molecular formula is C19H25BrN4O3. The summed E-state index contributed by atoms with van der Waals surface area (Å²) in [7, 11) is 0. The largest absolute Gasteiger partial charge is 0.383 e. The molecular weight excluding hydrogens is 412 g/mol. The second kappa shape index (κ2) is 9.03. The van der Waals surface area contributed by atoms with Gasteiger partial charge in [0.15, 0.2) is 5.69 Å². The standard InChI is InChI=1S/C19H25BrN4O3/c1-4-5-9-23-16(21)15(17(25)22-19(23)27)24(11-12(2)3)18(26)13-7-6-8-14(20)10-13/h6-8,10,12H,4-5,9,11,21H2,1-3H3,(H,22,25,27). The van der Waals surface area contributed by atoms with E-state index in [1.165, 1.54) is 9.47 Å². The Bertz CT molecular complexity index is 933. The minimum absolute atomic E-state index is 0.0150. The van der Waals surface area contributed by atoms with E-state index in [1.807, 2.05) is 26.8 Å². The van der Waals surface area contributed by atoms with Crippen LogP contribution in [0.3, 0.4) is 0 Å². The van der Waals surface area contributed by atoms with E-state index in [0.717, 1.165) is 17.3 Å². The van der Waals surface area contributed by atoms with Crippen molar-refractivity contribution in [1.82, 2.24) is 9.55 Å². The summed E-state index contributed by atoms with van der Waals surface area (Å²) in [5.41, 5.74) is 5.41. The van der Waals surface area contributed by atoms with Crippen molar-refractivity contribution in [2.24, 2.45) is 5.92 Å². The van der Waals surface area contributed by atoms with E-state index in [2.05, 4.69) is 20.9 Å². The molecule has 1 aromatic heterocycles. The van der Waals surface area contributed by atoms with Crippen molar-refractivity contribution in [3.63, 3.8) is 0 Å². The molecule has 1 amide bonds. The molecule has 3 N–H and O–H groups in total. The molecule has 0 radical (unpaired) electrons. The zero-order chi connectivity index (χ0) is 20.1. The molecule has 2 rings (SSSR count). The van der Waals surface area contributed by atoms with Gasteiger partial charge in [0.2, 0.25) is 0 Å². The Balaban J connectivity index is 2.61. The Morgan fingerprint density at radius 3 is 2.63 bits per heavy atom. The average molecular weight is 437 g/mol. The number of nitrogen functional groups attached to an aromatic ring is 1. The Hall–Kier alpha value is -2.35. The molecule has 1 aromatic carbocycles. The van der Waals surface area contributed by atoms with E-state index < -0.39 is 11.2 Å². The number of nitrogens with one attached hydrogen (secondary N) is 1. The third-order valence-electron chi connectivity index (χ3n) is 4.08. The number of benzene rings is 1. The van der Waals surface area contributed by atoms with Crippen LogP contribution in [0.15, 0.2) is 38.3 Å². The maximum atomic E-state index is 13.2. The number of halogens is 1. The highest BCUT2D eigenvalue weighted by Crippen LogP contribution is 2.22. The normalized spacial score (nSPS) is 11.0. The van der Waals surface area contributed by atoms with E-state index in [1.54, 1.807) is 18.2 Å². The van der Waals surface area contributed by atoms with Gasteiger partial charge in [0, 0.05) is 23.1 Å². The van der Waals surface area contributed by atoms with Gasteiger partial charge in [0.1, 0.15) is 5.82 Å². The van der Waals surface area contributed by atoms with Gasteiger partial charge >= 0.3 is 5.69 Å². The number of rotatable bonds is 7. The van der Waals surface area contributed by atoms with Gasteiger partial charge in [-0.05, 0) is 30.5 Å². The molecule has 1 heterocycles. The molecule has 0 bridgehead atoms. The van der Waals surface area contributed by atoms with Gasteiger partial charge in [-0.1, -0.05) is 49.2 Å². The smallest absolute Gasteiger partial charge is 0.330 e. The van der Waals surface area contributed by atoms with Crippen LogP contribution in [0.1, 0.15) is 44.0 Å². The van der Waals surface area contributed by atoms with Gasteiger partial charge in [-0.25, -0.2) is 4.79 Å². The van der Waals surface area contributed by atoms with Crippen LogP contribution in [-0.4, -0.2) is 22.0 Å². The summed E-state index contributed by atoms with van der Waals surface area (Å²) < 4.78 is 2.08. The predicted octanol–water partition coefficient (Wildman–Crippen LogP) is 2.98. The monoisotopic (exact) mass is 436 g/mol. The summed E-state index contributed by atoms with van der Waals surface area (Å²) in [5, 5.41) is 0. The van der Waals surface area contributed by atoms with Gasteiger partial charge in [-0.3, -0.25) is 19.1 Å². The number of nitrogens with zero attached hydrogens (tertiary/aromatic N) is 2. The van der Waals surface area contributed by atoms with E-state index in [-0.39, 0.29) is 23.3 Å². The molecule has 146 valence electrons. The van der Waals surface area contributed by atoms with Crippen molar-refractivity contribution in [3.05, 3.63) is 55.1 Å². The first kappa shape index (κ1) is 21.0. The number of hydrogen-bond donors (Lipinski definition) is 2. The lowest BCUT2D eigenvalue weighted by Crippen LogP contribution is -2.42. The van der Waals surface area contributed by atoms with E-state index in [4.69, 9.17) is 5.73 Å². The second-order valence-electron chi connectivity index (χ2n) is 6.82. The first-order chi connectivity index (χ1) is 12.8. The SMILES string of the molecule is CCCCn1c(N)c(N(CC(C)C)C(=O)c2cccc(Br)c2)c(=O)[nH]c1=O. The van der Waals surface area contributed by atoms with E-state index in [0.29, 0.717) is 18.7 Å². The average Bonchev–Trinajstić information content (AvgIpc) is 2.59. The van der Waals surface area contributed by atoms with Crippen molar-refractivity contribution in [2.45, 2.75) is 40.2 Å². The fourth-order valence-corrected chi connectivity index (χ4v) is 3.19. The molecule has 2 aromatic rings. The van der Waals surface area contributed by atoms with Crippen LogP contribution in [0.2, 0.25) is 0 Å². The molecule has 0 atom stereocenters. The molecule has 0 unspecified atom stereocenters. The molecule has 0 spiro atoms. The Labute approximate surface area is 166 Å². The Kier molecular flexibility index (Phi) is 7.01. The third kappa shape index (κ3) is 4.88. The summed E-state index contributed by atoms with van der Waals surface area (Å²) in [4.78, 5) is 41.5. The number of unbranched alkanes of at least 4 members (excludes halogenated alkanes) is 1. The third-order valence-corrected chi connectivity index (χ3v) is 4.58.